The fraction of sp³-hybridized carbons (Fsp3) is 0.500. The first-order chi connectivity index (χ1) is 9.31. The Morgan fingerprint density at radius 2 is 2.30 bits per heavy atom. The van der Waals surface area contributed by atoms with Gasteiger partial charge in [-0.2, -0.15) is 0 Å². The van der Waals surface area contributed by atoms with Crippen LogP contribution < -0.4 is 11.2 Å². The number of nitrogens with zero attached hydrogens (tertiary/aromatic N) is 1. The SMILES string of the molecule is C#CC1(Cl)[C@@H](O)[C@@H]([C@@H](C)O)O[C@H]1n1ccc(=O)[nH]c1=O. The molecule has 1 aromatic heterocycles. The molecule has 3 N–H and O–H groups in total. The minimum atomic E-state index is -1.73. The number of halogens is 1. The van der Waals surface area contributed by atoms with Gasteiger partial charge in [0.15, 0.2) is 11.1 Å². The Labute approximate surface area is 118 Å². The summed E-state index contributed by atoms with van der Waals surface area (Å²) in [4.78, 5) is 23.1. The summed E-state index contributed by atoms with van der Waals surface area (Å²) in [6.45, 7) is 1.40. The van der Waals surface area contributed by atoms with Crippen LogP contribution in [0.25, 0.3) is 0 Å². The minimum Gasteiger partial charge on any atom is -0.391 e. The van der Waals surface area contributed by atoms with Crippen molar-refractivity contribution >= 4 is 11.6 Å². The van der Waals surface area contributed by atoms with E-state index in [-0.39, 0.29) is 0 Å². The molecule has 1 aliphatic heterocycles. The summed E-state index contributed by atoms with van der Waals surface area (Å²) in [6.07, 6.45) is 1.82. The van der Waals surface area contributed by atoms with E-state index < -0.39 is 40.7 Å². The molecule has 0 spiro atoms. The Kier molecular flexibility index (Phi) is 3.75. The van der Waals surface area contributed by atoms with Gasteiger partial charge in [0, 0.05) is 12.3 Å². The molecule has 1 aliphatic rings. The third-order valence-corrected chi connectivity index (χ3v) is 3.71. The Morgan fingerprint density at radius 3 is 2.80 bits per heavy atom. The van der Waals surface area contributed by atoms with Crippen LogP contribution in [0.4, 0.5) is 0 Å². The number of alkyl halides is 1. The molecule has 2 rings (SSSR count). The average Bonchev–Trinajstić information content (AvgIpc) is 2.64. The van der Waals surface area contributed by atoms with Gasteiger partial charge in [0.1, 0.15) is 12.2 Å². The maximum absolute atomic E-state index is 11.8. The van der Waals surface area contributed by atoms with Crippen molar-refractivity contribution in [2.24, 2.45) is 0 Å². The maximum atomic E-state index is 11.8. The molecule has 0 bridgehead atoms. The van der Waals surface area contributed by atoms with Crippen LogP contribution >= 0.6 is 11.6 Å². The molecule has 20 heavy (non-hydrogen) atoms. The standard InChI is InChI=1S/C12H13ClN2O5/c1-3-12(13)9(18)8(6(2)16)20-10(12)15-5-4-7(17)14-11(15)19/h1,4-6,8-10,16,18H,2H3,(H,14,17,19)/t6-,8-,9+,10-,12?/m1/s1. The minimum absolute atomic E-state index is 0.585. The van der Waals surface area contributed by atoms with Crippen LogP contribution in [-0.4, -0.2) is 43.0 Å². The van der Waals surface area contributed by atoms with E-state index in [1.807, 2.05) is 4.98 Å². The highest BCUT2D eigenvalue weighted by atomic mass is 35.5. The zero-order valence-corrected chi connectivity index (χ0v) is 11.2. The van der Waals surface area contributed by atoms with Gasteiger partial charge in [-0.3, -0.25) is 14.3 Å². The molecule has 2 heterocycles. The number of ether oxygens (including phenoxy) is 1. The van der Waals surface area contributed by atoms with Crippen LogP contribution in [0, 0.1) is 12.3 Å². The lowest BCUT2D eigenvalue weighted by molar-refractivity contribution is -0.0773. The summed E-state index contributed by atoms with van der Waals surface area (Å²) in [6, 6.07) is 1.10. The van der Waals surface area contributed by atoms with Crippen molar-refractivity contribution in [2.75, 3.05) is 0 Å². The fourth-order valence-electron chi connectivity index (χ4n) is 2.12. The van der Waals surface area contributed by atoms with Crippen LogP contribution in [0.1, 0.15) is 13.2 Å². The van der Waals surface area contributed by atoms with Crippen molar-refractivity contribution in [1.29, 1.82) is 0 Å². The van der Waals surface area contributed by atoms with Gasteiger partial charge in [-0.15, -0.1) is 6.42 Å². The first kappa shape index (κ1) is 14.8. The normalized spacial score (nSPS) is 34.6. The highest BCUT2D eigenvalue weighted by Crippen LogP contribution is 2.43. The van der Waals surface area contributed by atoms with Crippen LogP contribution in [0.15, 0.2) is 21.9 Å². The number of aromatic amines is 1. The van der Waals surface area contributed by atoms with Crippen molar-refractivity contribution in [3.05, 3.63) is 33.1 Å². The summed E-state index contributed by atoms with van der Waals surface area (Å²) in [5.41, 5.74) is -1.36. The van der Waals surface area contributed by atoms with Gasteiger partial charge in [0.2, 0.25) is 0 Å². The number of nitrogens with one attached hydrogen (secondary N) is 1. The maximum Gasteiger partial charge on any atom is 0.330 e. The van der Waals surface area contributed by atoms with E-state index in [0.29, 0.717) is 0 Å². The zero-order valence-electron chi connectivity index (χ0n) is 10.5. The molecule has 1 fully saturated rings. The van der Waals surface area contributed by atoms with Gasteiger partial charge in [0.05, 0.1) is 6.10 Å². The van der Waals surface area contributed by atoms with E-state index in [9.17, 15) is 19.8 Å². The van der Waals surface area contributed by atoms with E-state index in [4.69, 9.17) is 22.8 Å². The van der Waals surface area contributed by atoms with E-state index >= 15 is 0 Å². The molecule has 108 valence electrons. The molecule has 7 nitrogen and oxygen atoms in total. The van der Waals surface area contributed by atoms with Crippen LogP contribution in [0.3, 0.4) is 0 Å². The number of H-pyrrole nitrogens is 1. The number of aliphatic hydroxyl groups is 2. The van der Waals surface area contributed by atoms with Crippen molar-refractivity contribution < 1.29 is 14.9 Å². The first-order valence-electron chi connectivity index (χ1n) is 5.81. The summed E-state index contributed by atoms with van der Waals surface area (Å²) < 4.78 is 6.39. The number of rotatable bonds is 2. The Morgan fingerprint density at radius 1 is 1.65 bits per heavy atom. The fourth-order valence-corrected chi connectivity index (χ4v) is 2.40. The molecule has 1 unspecified atom stereocenters. The van der Waals surface area contributed by atoms with Crippen molar-refractivity contribution in [2.45, 2.75) is 36.3 Å². The van der Waals surface area contributed by atoms with Gasteiger partial charge >= 0.3 is 5.69 Å². The second kappa shape index (κ2) is 5.07. The highest BCUT2D eigenvalue weighted by Gasteiger charge is 2.57. The molecular formula is C12H13ClN2O5. The predicted molar refractivity (Wildman–Crippen MR) is 70.3 cm³/mol. The Hall–Kier alpha value is -1.59. The van der Waals surface area contributed by atoms with Crippen molar-refractivity contribution in [1.82, 2.24) is 9.55 Å². The number of hydrogen-bond acceptors (Lipinski definition) is 5. The molecule has 0 amide bonds. The zero-order chi connectivity index (χ0) is 15.1. The van der Waals surface area contributed by atoms with E-state index in [2.05, 4.69) is 5.92 Å². The molecule has 0 aliphatic carbocycles. The topological polar surface area (TPSA) is 105 Å². The number of hydrogen-bond donors (Lipinski definition) is 3. The number of aromatic nitrogens is 2. The predicted octanol–water partition coefficient (Wildman–Crippen LogP) is -1.21. The third-order valence-electron chi connectivity index (χ3n) is 3.19. The van der Waals surface area contributed by atoms with Gasteiger partial charge in [-0.25, -0.2) is 4.79 Å². The highest BCUT2D eigenvalue weighted by molar-refractivity contribution is 6.27. The smallest absolute Gasteiger partial charge is 0.330 e. The van der Waals surface area contributed by atoms with Gasteiger partial charge in [0.25, 0.3) is 5.56 Å². The van der Waals surface area contributed by atoms with Gasteiger partial charge in [-0.1, -0.05) is 17.5 Å². The lowest BCUT2D eigenvalue weighted by Crippen LogP contribution is -2.45. The summed E-state index contributed by atoms with van der Waals surface area (Å²) in [7, 11) is 0. The van der Waals surface area contributed by atoms with E-state index in [1.165, 1.54) is 6.92 Å². The molecule has 5 atom stereocenters. The van der Waals surface area contributed by atoms with Crippen LogP contribution in [-0.2, 0) is 4.74 Å². The average molecular weight is 301 g/mol. The largest absolute Gasteiger partial charge is 0.391 e. The second-order valence-corrected chi connectivity index (χ2v) is 5.19. The molecule has 0 aromatic carbocycles. The summed E-state index contributed by atoms with van der Waals surface area (Å²) >= 11 is 6.18. The van der Waals surface area contributed by atoms with Crippen molar-refractivity contribution in [3.8, 4) is 12.3 Å². The quantitative estimate of drug-likeness (QED) is 0.469. The summed E-state index contributed by atoms with van der Waals surface area (Å²) in [5.74, 6) is 2.19. The van der Waals surface area contributed by atoms with E-state index in [1.54, 1.807) is 0 Å². The van der Waals surface area contributed by atoms with Gasteiger partial charge < -0.3 is 14.9 Å². The molecule has 8 heteroatoms. The van der Waals surface area contributed by atoms with Gasteiger partial charge in [-0.05, 0) is 6.92 Å². The Balaban J connectivity index is 2.53. The first-order valence-corrected chi connectivity index (χ1v) is 6.19. The van der Waals surface area contributed by atoms with E-state index in [0.717, 1.165) is 16.8 Å². The summed E-state index contributed by atoms with van der Waals surface area (Å²) in [5, 5.41) is 19.7. The number of terminal acetylenes is 1. The molecule has 0 radical (unpaired) electrons. The number of aliphatic hydroxyl groups excluding tert-OH is 2. The molecule has 1 saturated heterocycles. The third kappa shape index (κ3) is 2.17. The monoisotopic (exact) mass is 300 g/mol. The molecule has 1 aromatic rings. The van der Waals surface area contributed by atoms with Crippen molar-refractivity contribution in [3.63, 3.8) is 0 Å². The molecule has 0 saturated carbocycles. The second-order valence-electron chi connectivity index (χ2n) is 4.57. The molecular weight excluding hydrogens is 288 g/mol. The lowest BCUT2D eigenvalue weighted by atomic mass is 9.97. The lowest BCUT2D eigenvalue weighted by Gasteiger charge is -2.25. The Bertz CT molecular complexity index is 661. The van der Waals surface area contributed by atoms with Crippen LogP contribution in [0.2, 0.25) is 0 Å². The van der Waals surface area contributed by atoms with Crippen LogP contribution in [0.5, 0.6) is 0 Å².